The number of fused-ring (bicyclic) bond motifs is 1. The van der Waals surface area contributed by atoms with Crippen LogP contribution in [0.25, 0.3) is 0 Å². The second kappa shape index (κ2) is 8.58. The van der Waals surface area contributed by atoms with Gasteiger partial charge in [0.15, 0.2) is 11.5 Å². The summed E-state index contributed by atoms with van der Waals surface area (Å²) in [6.45, 7) is 8.19. The van der Waals surface area contributed by atoms with E-state index in [4.69, 9.17) is 18.6 Å². The molecule has 0 amide bonds. The number of ether oxygens (including phenoxy) is 3. The summed E-state index contributed by atoms with van der Waals surface area (Å²) in [7, 11) is 0. The second-order valence-corrected chi connectivity index (χ2v) is 6.91. The summed E-state index contributed by atoms with van der Waals surface area (Å²) in [6.07, 6.45) is -0.470. The largest absolute Gasteiger partial charge is 0.465 e. The molecule has 0 saturated heterocycles. The van der Waals surface area contributed by atoms with E-state index in [1.165, 1.54) is 0 Å². The lowest BCUT2D eigenvalue weighted by Gasteiger charge is -2.25. The van der Waals surface area contributed by atoms with Crippen LogP contribution in [0.4, 0.5) is 0 Å². The molecule has 3 rings (SSSR count). The zero-order valence-electron chi connectivity index (χ0n) is 15.6. The van der Waals surface area contributed by atoms with Crippen LogP contribution < -0.4 is 9.47 Å². The molecule has 0 saturated carbocycles. The first kappa shape index (κ1) is 18.8. The summed E-state index contributed by atoms with van der Waals surface area (Å²) in [4.78, 5) is 2.14. The van der Waals surface area contributed by atoms with Gasteiger partial charge in [-0.25, -0.2) is 0 Å². The SMILES string of the molecule is Cc1ccc(CN(Cc2ccc3c(c2)OCO3)C[C@H](O)COC(C)C)o1. The van der Waals surface area contributed by atoms with Gasteiger partial charge in [-0.3, -0.25) is 4.90 Å². The Labute approximate surface area is 154 Å². The average molecular weight is 361 g/mol. The lowest BCUT2D eigenvalue weighted by atomic mass is 10.1. The Kier molecular flexibility index (Phi) is 6.19. The molecule has 2 aromatic rings. The lowest BCUT2D eigenvalue weighted by Crippen LogP contribution is -2.34. The number of aliphatic hydroxyl groups is 1. The molecule has 0 bridgehead atoms. The number of nitrogens with zero attached hydrogens (tertiary/aromatic N) is 1. The minimum Gasteiger partial charge on any atom is -0.465 e. The van der Waals surface area contributed by atoms with E-state index >= 15 is 0 Å². The smallest absolute Gasteiger partial charge is 0.231 e. The maximum absolute atomic E-state index is 10.3. The van der Waals surface area contributed by atoms with Gasteiger partial charge in [0.05, 0.1) is 25.4 Å². The van der Waals surface area contributed by atoms with Crippen molar-refractivity contribution in [3.63, 3.8) is 0 Å². The van der Waals surface area contributed by atoms with Gasteiger partial charge in [-0.1, -0.05) is 6.07 Å². The Hall–Kier alpha value is -2.02. The van der Waals surface area contributed by atoms with Crippen molar-refractivity contribution in [1.82, 2.24) is 4.90 Å². The van der Waals surface area contributed by atoms with E-state index in [9.17, 15) is 5.11 Å². The van der Waals surface area contributed by atoms with Crippen LogP contribution in [0.15, 0.2) is 34.7 Å². The van der Waals surface area contributed by atoms with E-state index in [2.05, 4.69) is 4.90 Å². The van der Waals surface area contributed by atoms with Crippen LogP contribution in [-0.4, -0.2) is 42.2 Å². The maximum atomic E-state index is 10.3. The van der Waals surface area contributed by atoms with Crippen LogP contribution in [0.2, 0.25) is 0 Å². The van der Waals surface area contributed by atoms with Crippen LogP contribution in [0, 0.1) is 6.92 Å². The third-order valence-electron chi connectivity index (χ3n) is 4.11. The Morgan fingerprint density at radius 3 is 2.65 bits per heavy atom. The zero-order valence-corrected chi connectivity index (χ0v) is 15.6. The van der Waals surface area contributed by atoms with Crippen molar-refractivity contribution in [1.29, 1.82) is 0 Å². The van der Waals surface area contributed by atoms with E-state index in [0.717, 1.165) is 28.6 Å². The van der Waals surface area contributed by atoms with Gasteiger partial charge in [-0.2, -0.15) is 0 Å². The Morgan fingerprint density at radius 2 is 1.92 bits per heavy atom. The molecule has 0 spiro atoms. The van der Waals surface area contributed by atoms with Crippen molar-refractivity contribution < 1.29 is 23.7 Å². The van der Waals surface area contributed by atoms with Gasteiger partial charge >= 0.3 is 0 Å². The van der Waals surface area contributed by atoms with Gasteiger partial charge in [0.25, 0.3) is 0 Å². The van der Waals surface area contributed by atoms with Crippen LogP contribution in [-0.2, 0) is 17.8 Å². The van der Waals surface area contributed by atoms with Gasteiger partial charge in [-0.15, -0.1) is 0 Å². The number of hydrogen-bond acceptors (Lipinski definition) is 6. The molecule has 1 N–H and O–H groups in total. The van der Waals surface area contributed by atoms with Gasteiger partial charge < -0.3 is 23.7 Å². The summed E-state index contributed by atoms with van der Waals surface area (Å²) < 4.78 is 22.1. The van der Waals surface area contributed by atoms with Crippen molar-refractivity contribution in [3.05, 3.63) is 47.4 Å². The summed E-state index contributed by atoms with van der Waals surface area (Å²) in [5.74, 6) is 3.29. The third-order valence-corrected chi connectivity index (χ3v) is 4.11. The third kappa shape index (κ3) is 5.24. The van der Waals surface area contributed by atoms with E-state index < -0.39 is 6.10 Å². The molecule has 0 aliphatic carbocycles. The predicted molar refractivity (Wildman–Crippen MR) is 97.2 cm³/mol. The molecular weight excluding hydrogens is 334 g/mol. The molecule has 0 fully saturated rings. The topological polar surface area (TPSA) is 64.3 Å². The lowest BCUT2D eigenvalue weighted by molar-refractivity contribution is -0.0114. The minimum atomic E-state index is -0.567. The van der Waals surface area contributed by atoms with Gasteiger partial charge in [0.2, 0.25) is 6.79 Å². The highest BCUT2D eigenvalue weighted by Gasteiger charge is 2.18. The van der Waals surface area contributed by atoms with E-state index in [1.54, 1.807) is 0 Å². The molecule has 1 aromatic carbocycles. The first-order valence-electron chi connectivity index (χ1n) is 8.95. The fraction of sp³-hybridized carbons (Fsp3) is 0.500. The van der Waals surface area contributed by atoms with Crippen molar-refractivity contribution >= 4 is 0 Å². The first-order chi connectivity index (χ1) is 12.5. The zero-order chi connectivity index (χ0) is 18.5. The van der Waals surface area contributed by atoms with Crippen molar-refractivity contribution in [3.8, 4) is 11.5 Å². The van der Waals surface area contributed by atoms with Crippen molar-refractivity contribution in [2.75, 3.05) is 19.9 Å². The van der Waals surface area contributed by atoms with Crippen LogP contribution >= 0.6 is 0 Å². The normalized spacial score (nSPS) is 14.4. The standard InChI is InChI=1S/C20H27NO5/c1-14(2)23-12-17(22)10-21(11-18-6-4-15(3)26-18)9-16-5-7-19-20(8-16)25-13-24-19/h4-8,14,17,22H,9-13H2,1-3H3/t17-/m0/s1. The van der Waals surface area contributed by atoms with Gasteiger partial charge in [0.1, 0.15) is 11.5 Å². The highest BCUT2D eigenvalue weighted by molar-refractivity contribution is 5.44. The van der Waals surface area contributed by atoms with Crippen LogP contribution in [0.3, 0.4) is 0 Å². The maximum Gasteiger partial charge on any atom is 0.231 e. The van der Waals surface area contributed by atoms with Gasteiger partial charge in [0, 0.05) is 13.1 Å². The molecular formula is C20H27NO5. The molecule has 1 aromatic heterocycles. The Bertz CT molecular complexity index is 712. The monoisotopic (exact) mass is 361 g/mol. The quantitative estimate of drug-likeness (QED) is 0.740. The predicted octanol–water partition coefficient (Wildman–Crippen LogP) is 3.10. The fourth-order valence-electron chi connectivity index (χ4n) is 2.93. The number of benzene rings is 1. The number of rotatable bonds is 9. The molecule has 0 unspecified atom stereocenters. The van der Waals surface area contributed by atoms with Crippen LogP contribution in [0.1, 0.15) is 30.9 Å². The summed E-state index contributed by atoms with van der Waals surface area (Å²) in [6, 6.07) is 9.85. The van der Waals surface area contributed by atoms with Crippen molar-refractivity contribution in [2.24, 2.45) is 0 Å². The van der Waals surface area contributed by atoms with Crippen LogP contribution in [0.5, 0.6) is 11.5 Å². The summed E-state index contributed by atoms with van der Waals surface area (Å²) in [5.41, 5.74) is 1.09. The second-order valence-electron chi connectivity index (χ2n) is 6.91. The average Bonchev–Trinajstić information content (AvgIpc) is 3.21. The molecule has 2 heterocycles. The number of hydrogen-bond donors (Lipinski definition) is 1. The molecule has 6 nitrogen and oxygen atoms in total. The summed E-state index contributed by atoms with van der Waals surface area (Å²) in [5, 5.41) is 10.3. The molecule has 0 radical (unpaired) electrons. The Morgan fingerprint density at radius 1 is 1.12 bits per heavy atom. The summed E-state index contributed by atoms with van der Waals surface area (Å²) >= 11 is 0. The minimum absolute atomic E-state index is 0.0969. The number of aryl methyl sites for hydroxylation is 1. The highest BCUT2D eigenvalue weighted by Crippen LogP contribution is 2.33. The fourth-order valence-corrected chi connectivity index (χ4v) is 2.93. The molecule has 6 heteroatoms. The molecule has 1 atom stereocenters. The number of aliphatic hydroxyl groups excluding tert-OH is 1. The van der Waals surface area contributed by atoms with Crippen molar-refractivity contribution in [2.45, 2.75) is 46.1 Å². The Balaban J connectivity index is 1.67. The molecule has 1 aliphatic rings. The first-order valence-corrected chi connectivity index (χ1v) is 8.95. The van der Waals surface area contributed by atoms with E-state index in [-0.39, 0.29) is 12.9 Å². The van der Waals surface area contributed by atoms with Gasteiger partial charge in [-0.05, 0) is 50.6 Å². The van der Waals surface area contributed by atoms with E-state index in [1.807, 2.05) is 51.1 Å². The molecule has 26 heavy (non-hydrogen) atoms. The molecule has 142 valence electrons. The van der Waals surface area contributed by atoms with E-state index in [0.29, 0.717) is 26.2 Å². The molecule has 1 aliphatic heterocycles. The number of furan rings is 1. The highest BCUT2D eigenvalue weighted by atomic mass is 16.7.